The van der Waals surface area contributed by atoms with Crippen molar-refractivity contribution >= 4 is 27.9 Å². The molecule has 0 aliphatic rings. The maximum Gasteiger partial charge on any atom is 0.312 e. The second-order valence-electron chi connectivity index (χ2n) is 2.77. The molecule has 8 heteroatoms. The second kappa shape index (κ2) is 6.11. The summed E-state index contributed by atoms with van der Waals surface area (Å²) < 4.78 is 5.68. The van der Waals surface area contributed by atoms with E-state index in [1.54, 1.807) is 6.20 Å². The van der Waals surface area contributed by atoms with Crippen molar-refractivity contribution in [2.75, 3.05) is 25.5 Å². The van der Waals surface area contributed by atoms with Crippen LogP contribution in [0.1, 0.15) is 0 Å². The van der Waals surface area contributed by atoms with E-state index in [0.717, 1.165) is 0 Å². The van der Waals surface area contributed by atoms with Gasteiger partial charge in [0.2, 0.25) is 11.8 Å². The Labute approximate surface area is 101 Å². The van der Waals surface area contributed by atoms with E-state index in [1.165, 1.54) is 7.11 Å². The van der Waals surface area contributed by atoms with Crippen molar-refractivity contribution in [1.29, 1.82) is 0 Å². The Balaban J connectivity index is 2.45. The average Bonchev–Trinajstić information content (AvgIpc) is 2.26. The van der Waals surface area contributed by atoms with Gasteiger partial charge in [-0.3, -0.25) is 0 Å². The molecule has 0 bridgehead atoms. The summed E-state index contributed by atoms with van der Waals surface area (Å²) in [7, 11) is 1.52. The number of aromatic nitrogens is 2. The van der Waals surface area contributed by atoms with Gasteiger partial charge in [0, 0.05) is 13.1 Å². The van der Waals surface area contributed by atoms with Gasteiger partial charge in [0.1, 0.15) is 0 Å². The standard InChI is InChI=1S/C8H12BrN5O2/c1-16-6-5(9)4-13-8(14-6)12-3-2-11-7(10)15/h4H,2-3H2,1H3,(H3,10,11,15)(H,12,13,14). The molecule has 0 aliphatic carbocycles. The number of nitrogens with zero attached hydrogens (tertiary/aromatic N) is 2. The first-order valence-corrected chi connectivity index (χ1v) is 5.26. The largest absolute Gasteiger partial charge is 0.480 e. The molecule has 88 valence electrons. The average molecular weight is 290 g/mol. The van der Waals surface area contributed by atoms with Crippen molar-refractivity contribution in [1.82, 2.24) is 15.3 Å². The number of amides is 2. The van der Waals surface area contributed by atoms with Gasteiger partial charge in [0.05, 0.1) is 17.8 Å². The van der Waals surface area contributed by atoms with Gasteiger partial charge in [0.15, 0.2) is 0 Å². The first kappa shape index (κ1) is 12.5. The number of primary amides is 1. The van der Waals surface area contributed by atoms with Gasteiger partial charge >= 0.3 is 6.03 Å². The van der Waals surface area contributed by atoms with Gasteiger partial charge in [-0.1, -0.05) is 0 Å². The summed E-state index contributed by atoms with van der Waals surface area (Å²) in [4.78, 5) is 18.5. The molecule has 2 amide bonds. The molecule has 0 spiro atoms. The number of hydrogen-bond donors (Lipinski definition) is 3. The van der Waals surface area contributed by atoms with Gasteiger partial charge in [-0.2, -0.15) is 4.98 Å². The van der Waals surface area contributed by atoms with Crippen molar-refractivity contribution < 1.29 is 9.53 Å². The SMILES string of the molecule is COc1nc(NCCNC(N)=O)ncc1Br. The molecule has 1 aromatic heterocycles. The summed E-state index contributed by atoms with van der Waals surface area (Å²) in [6, 6.07) is -0.559. The summed E-state index contributed by atoms with van der Waals surface area (Å²) in [6.07, 6.45) is 1.58. The zero-order valence-electron chi connectivity index (χ0n) is 8.66. The first-order valence-electron chi connectivity index (χ1n) is 4.47. The molecule has 0 fully saturated rings. The monoisotopic (exact) mass is 289 g/mol. The molecule has 0 radical (unpaired) electrons. The Bertz CT molecular complexity index is 373. The van der Waals surface area contributed by atoms with E-state index in [0.29, 0.717) is 29.4 Å². The van der Waals surface area contributed by atoms with E-state index < -0.39 is 6.03 Å². The number of ether oxygens (including phenoxy) is 1. The van der Waals surface area contributed by atoms with Crippen LogP contribution in [-0.2, 0) is 0 Å². The first-order chi connectivity index (χ1) is 7.63. The molecule has 1 heterocycles. The molecule has 0 unspecified atom stereocenters. The molecular formula is C8H12BrN5O2. The number of halogens is 1. The lowest BCUT2D eigenvalue weighted by molar-refractivity contribution is 0.249. The van der Waals surface area contributed by atoms with E-state index in [-0.39, 0.29) is 0 Å². The molecule has 0 aromatic carbocycles. The Kier molecular flexibility index (Phi) is 4.77. The van der Waals surface area contributed by atoms with Crippen molar-refractivity contribution in [3.63, 3.8) is 0 Å². The third kappa shape index (κ3) is 3.89. The summed E-state index contributed by atoms with van der Waals surface area (Å²) in [5, 5.41) is 5.34. The molecule has 0 atom stereocenters. The van der Waals surface area contributed by atoms with Crippen molar-refractivity contribution in [2.24, 2.45) is 5.73 Å². The molecule has 7 nitrogen and oxygen atoms in total. The molecule has 0 saturated heterocycles. The number of nitrogens with one attached hydrogen (secondary N) is 2. The van der Waals surface area contributed by atoms with Crippen LogP contribution >= 0.6 is 15.9 Å². The number of urea groups is 1. The van der Waals surface area contributed by atoms with Crippen LogP contribution in [-0.4, -0.2) is 36.2 Å². The zero-order chi connectivity index (χ0) is 12.0. The molecule has 16 heavy (non-hydrogen) atoms. The highest BCUT2D eigenvalue weighted by Crippen LogP contribution is 2.21. The maximum absolute atomic E-state index is 10.4. The van der Waals surface area contributed by atoms with Crippen molar-refractivity contribution in [3.8, 4) is 5.88 Å². The summed E-state index contributed by atoms with van der Waals surface area (Å²) in [6.45, 7) is 0.880. The second-order valence-corrected chi connectivity index (χ2v) is 3.62. The Morgan fingerprint density at radius 1 is 1.62 bits per heavy atom. The fourth-order valence-corrected chi connectivity index (χ4v) is 1.29. The van der Waals surface area contributed by atoms with Gasteiger partial charge in [0.25, 0.3) is 0 Å². The highest BCUT2D eigenvalue weighted by Gasteiger charge is 2.04. The third-order valence-electron chi connectivity index (χ3n) is 1.61. The van der Waals surface area contributed by atoms with Crippen LogP contribution in [0, 0.1) is 0 Å². The van der Waals surface area contributed by atoms with Gasteiger partial charge in [-0.05, 0) is 15.9 Å². The topological polar surface area (TPSA) is 102 Å². The lowest BCUT2D eigenvalue weighted by Gasteiger charge is -2.07. The fourth-order valence-electron chi connectivity index (χ4n) is 0.940. The minimum absolute atomic E-state index is 0.400. The lowest BCUT2D eigenvalue weighted by Crippen LogP contribution is -2.33. The van der Waals surface area contributed by atoms with Crippen LogP contribution in [0.15, 0.2) is 10.7 Å². The molecule has 1 aromatic rings. The predicted octanol–water partition coefficient (Wildman–Crippen LogP) is 0.328. The maximum atomic E-state index is 10.4. The number of nitrogens with two attached hydrogens (primary N) is 1. The van der Waals surface area contributed by atoms with Gasteiger partial charge < -0.3 is 21.1 Å². The molecule has 0 aliphatic heterocycles. The highest BCUT2D eigenvalue weighted by atomic mass is 79.9. The van der Waals surface area contributed by atoms with Gasteiger partial charge in [-0.15, -0.1) is 0 Å². The quantitative estimate of drug-likeness (QED) is 0.678. The molecule has 1 rings (SSSR count). The Morgan fingerprint density at radius 3 is 3.00 bits per heavy atom. The van der Waals surface area contributed by atoms with Gasteiger partial charge in [-0.25, -0.2) is 9.78 Å². The number of rotatable bonds is 5. The summed E-state index contributed by atoms with van der Waals surface area (Å²) in [5.41, 5.74) is 4.90. The predicted molar refractivity (Wildman–Crippen MR) is 62.4 cm³/mol. The van der Waals surface area contributed by atoms with E-state index in [1.807, 2.05) is 0 Å². The van der Waals surface area contributed by atoms with Crippen LogP contribution in [0.4, 0.5) is 10.7 Å². The van der Waals surface area contributed by atoms with E-state index in [9.17, 15) is 4.79 Å². The number of anilines is 1. The summed E-state index contributed by atoms with van der Waals surface area (Å²) in [5.74, 6) is 0.867. The Hall–Kier alpha value is -1.57. The molecule has 0 saturated carbocycles. The van der Waals surface area contributed by atoms with Crippen LogP contribution in [0.3, 0.4) is 0 Å². The normalized spacial score (nSPS) is 9.62. The Morgan fingerprint density at radius 2 is 2.38 bits per heavy atom. The number of methoxy groups -OCH3 is 1. The van der Waals surface area contributed by atoms with E-state index >= 15 is 0 Å². The van der Waals surface area contributed by atoms with E-state index in [4.69, 9.17) is 10.5 Å². The summed E-state index contributed by atoms with van der Waals surface area (Å²) >= 11 is 3.24. The smallest absolute Gasteiger partial charge is 0.312 e. The molecular weight excluding hydrogens is 278 g/mol. The minimum atomic E-state index is -0.559. The highest BCUT2D eigenvalue weighted by molar-refractivity contribution is 9.10. The van der Waals surface area contributed by atoms with Crippen LogP contribution < -0.4 is 21.1 Å². The molecule has 4 N–H and O–H groups in total. The third-order valence-corrected chi connectivity index (χ3v) is 2.16. The lowest BCUT2D eigenvalue weighted by atomic mass is 10.6. The number of carbonyl (C=O) groups is 1. The zero-order valence-corrected chi connectivity index (χ0v) is 10.2. The van der Waals surface area contributed by atoms with E-state index in [2.05, 4.69) is 36.5 Å². The number of hydrogen-bond acceptors (Lipinski definition) is 5. The van der Waals surface area contributed by atoms with Crippen LogP contribution in [0.25, 0.3) is 0 Å². The van der Waals surface area contributed by atoms with Crippen LogP contribution in [0.5, 0.6) is 5.88 Å². The number of carbonyl (C=O) groups excluding carboxylic acids is 1. The fraction of sp³-hybridized carbons (Fsp3) is 0.375. The van der Waals surface area contributed by atoms with Crippen molar-refractivity contribution in [3.05, 3.63) is 10.7 Å². The minimum Gasteiger partial charge on any atom is -0.480 e. The van der Waals surface area contributed by atoms with Crippen molar-refractivity contribution in [2.45, 2.75) is 0 Å². The van der Waals surface area contributed by atoms with Crippen LogP contribution in [0.2, 0.25) is 0 Å².